The number of hydrogen-bond donors (Lipinski definition) is 0. The predicted octanol–water partition coefficient (Wildman–Crippen LogP) is 6.59. The molecule has 0 atom stereocenters. The Morgan fingerprint density at radius 2 is 1.41 bits per heavy atom. The smallest absolute Gasteiger partial charge is 0.363 e. The summed E-state index contributed by atoms with van der Waals surface area (Å²) in [6.45, 7) is 2.50. The molecule has 1 aliphatic rings. The van der Waals surface area contributed by atoms with Crippen molar-refractivity contribution in [2.75, 3.05) is 0 Å². The zero-order chi connectivity index (χ0) is 23.3. The van der Waals surface area contributed by atoms with Gasteiger partial charge in [-0.25, -0.2) is 9.79 Å². The monoisotopic (exact) mass is 445 g/mol. The third-order valence-corrected chi connectivity index (χ3v) is 5.72. The summed E-state index contributed by atoms with van der Waals surface area (Å²) >= 11 is 0. The van der Waals surface area contributed by atoms with E-state index >= 15 is 0 Å². The number of cyclic esters (lactones) is 1. The lowest BCUT2D eigenvalue weighted by molar-refractivity contribution is -0.129. The van der Waals surface area contributed by atoms with Crippen molar-refractivity contribution in [3.05, 3.63) is 131 Å². The van der Waals surface area contributed by atoms with E-state index in [9.17, 15) is 4.79 Å². The maximum atomic E-state index is 12.5. The fraction of sp³-hybridized carbons (Fsp3) is 0.0667. The minimum atomic E-state index is -0.476. The Morgan fingerprint density at radius 3 is 2.21 bits per heavy atom. The largest absolute Gasteiger partial charge is 0.488 e. The number of aliphatic imine (C=N–C) groups is 1. The second kappa shape index (κ2) is 9.59. The summed E-state index contributed by atoms with van der Waals surface area (Å²) in [5, 5.41) is 0. The van der Waals surface area contributed by atoms with Crippen molar-refractivity contribution in [2.24, 2.45) is 4.99 Å². The predicted molar refractivity (Wildman–Crippen MR) is 134 cm³/mol. The highest BCUT2D eigenvalue weighted by atomic mass is 16.6. The van der Waals surface area contributed by atoms with Crippen LogP contribution in [0.3, 0.4) is 0 Å². The first kappa shape index (κ1) is 21.4. The number of ether oxygens (including phenoxy) is 2. The lowest BCUT2D eigenvalue weighted by atomic mass is 10.0. The molecule has 4 aromatic rings. The van der Waals surface area contributed by atoms with Gasteiger partial charge in [0.2, 0.25) is 5.90 Å². The first-order valence-electron chi connectivity index (χ1n) is 11.1. The number of rotatable bonds is 6. The minimum Gasteiger partial charge on any atom is -0.488 e. The molecule has 0 saturated heterocycles. The van der Waals surface area contributed by atoms with Gasteiger partial charge in [-0.05, 0) is 53.5 Å². The number of nitrogens with zero attached hydrogens (tertiary/aromatic N) is 1. The summed E-state index contributed by atoms with van der Waals surface area (Å²) < 4.78 is 11.5. The molecule has 0 bridgehead atoms. The molecule has 0 radical (unpaired) electrons. The van der Waals surface area contributed by atoms with E-state index < -0.39 is 5.97 Å². The molecule has 4 heteroatoms. The maximum absolute atomic E-state index is 12.5. The van der Waals surface area contributed by atoms with Gasteiger partial charge in [0.1, 0.15) is 12.4 Å². The molecule has 5 rings (SSSR count). The number of esters is 1. The molecule has 166 valence electrons. The molecule has 0 unspecified atom stereocenters. The van der Waals surface area contributed by atoms with Gasteiger partial charge in [0.15, 0.2) is 5.70 Å². The molecule has 4 nitrogen and oxygen atoms in total. The van der Waals surface area contributed by atoms with E-state index in [-0.39, 0.29) is 5.70 Å². The number of hydrogen-bond acceptors (Lipinski definition) is 4. The zero-order valence-electron chi connectivity index (χ0n) is 18.8. The minimum absolute atomic E-state index is 0.245. The van der Waals surface area contributed by atoms with Gasteiger partial charge in [0.25, 0.3) is 0 Å². The van der Waals surface area contributed by atoms with Crippen LogP contribution in [0.5, 0.6) is 5.75 Å². The van der Waals surface area contributed by atoms with Crippen LogP contribution < -0.4 is 4.74 Å². The Bertz CT molecular complexity index is 1390. The van der Waals surface area contributed by atoms with Crippen LogP contribution in [0.1, 0.15) is 22.3 Å². The summed E-state index contributed by atoms with van der Waals surface area (Å²) in [7, 11) is 0. The SMILES string of the molecule is Cc1ccccc1COc1ccccc1/C=C1\N=C(c2ccc(-c3ccccc3)cc2)OC1=O. The van der Waals surface area contributed by atoms with Crippen LogP contribution >= 0.6 is 0 Å². The van der Waals surface area contributed by atoms with E-state index in [1.54, 1.807) is 6.08 Å². The van der Waals surface area contributed by atoms with Crippen molar-refractivity contribution < 1.29 is 14.3 Å². The lowest BCUT2D eigenvalue weighted by Crippen LogP contribution is -2.05. The van der Waals surface area contributed by atoms with Crippen LogP contribution in [0.4, 0.5) is 0 Å². The molecular weight excluding hydrogens is 422 g/mol. The number of aryl methyl sites for hydroxylation is 1. The molecule has 0 fully saturated rings. The molecule has 0 spiro atoms. The quantitative estimate of drug-likeness (QED) is 0.249. The highest BCUT2D eigenvalue weighted by Crippen LogP contribution is 2.26. The van der Waals surface area contributed by atoms with Gasteiger partial charge in [-0.1, -0.05) is 84.9 Å². The molecule has 0 aromatic heterocycles. The fourth-order valence-electron chi connectivity index (χ4n) is 3.77. The van der Waals surface area contributed by atoms with E-state index in [0.29, 0.717) is 18.3 Å². The summed E-state index contributed by atoms with van der Waals surface area (Å²) in [4.78, 5) is 17.0. The van der Waals surface area contributed by atoms with Crippen LogP contribution in [0.25, 0.3) is 17.2 Å². The second-order valence-corrected chi connectivity index (χ2v) is 8.03. The standard InChI is InChI=1S/C30H23NO3/c1-21-9-5-6-13-26(21)20-33-28-14-8-7-12-25(28)19-27-30(32)34-29(31-27)24-17-15-23(16-18-24)22-10-3-2-4-11-22/h2-19H,20H2,1H3/b27-19-. The van der Waals surface area contributed by atoms with Crippen LogP contribution in [-0.4, -0.2) is 11.9 Å². The van der Waals surface area contributed by atoms with Gasteiger partial charge in [-0.15, -0.1) is 0 Å². The van der Waals surface area contributed by atoms with Gasteiger partial charge in [0, 0.05) is 11.1 Å². The second-order valence-electron chi connectivity index (χ2n) is 8.03. The average Bonchev–Trinajstić information content (AvgIpc) is 3.25. The first-order valence-corrected chi connectivity index (χ1v) is 11.1. The van der Waals surface area contributed by atoms with E-state index in [1.165, 1.54) is 5.56 Å². The van der Waals surface area contributed by atoms with Gasteiger partial charge in [-0.3, -0.25) is 0 Å². The van der Waals surface area contributed by atoms with Gasteiger partial charge in [-0.2, -0.15) is 0 Å². The Kier molecular flexibility index (Phi) is 6.04. The Hall–Kier alpha value is -4.44. The Morgan fingerprint density at radius 1 is 0.765 bits per heavy atom. The van der Waals surface area contributed by atoms with E-state index in [1.807, 2.05) is 84.9 Å². The normalized spacial score (nSPS) is 14.1. The highest BCUT2D eigenvalue weighted by Gasteiger charge is 2.24. The van der Waals surface area contributed by atoms with Crippen molar-refractivity contribution >= 4 is 17.9 Å². The van der Waals surface area contributed by atoms with Crippen LogP contribution in [-0.2, 0) is 16.1 Å². The molecule has 34 heavy (non-hydrogen) atoms. The molecule has 0 aliphatic carbocycles. The topological polar surface area (TPSA) is 47.9 Å². The number of para-hydroxylation sites is 1. The molecule has 0 N–H and O–H groups in total. The van der Waals surface area contributed by atoms with Gasteiger partial charge >= 0.3 is 5.97 Å². The van der Waals surface area contributed by atoms with E-state index in [4.69, 9.17) is 9.47 Å². The zero-order valence-corrected chi connectivity index (χ0v) is 18.8. The van der Waals surface area contributed by atoms with Crippen molar-refractivity contribution in [1.82, 2.24) is 0 Å². The summed E-state index contributed by atoms with van der Waals surface area (Å²) in [5.74, 6) is 0.506. The van der Waals surface area contributed by atoms with Crippen molar-refractivity contribution in [1.29, 1.82) is 0 Å². The summed E-state index contributed by atoms with van der Waals surface area (Å²) in [6, 6.07) is 33.6. The summed E-state index contributed by atoms with van der Waals surface area (Å²) in [6.07, 6.45) is 1.71. The Balaban J connectivity index is 1.37. The third-order valence-electron chi connectivity index (χ3n) is 5.72. The van der Waals surface area contributed by atoms with Crippen LogP contribution in [0.2, 0.25) is 0 Å². The maximum Gasteiger partial charge on any atom is 0.363 e. The molecule has 0 amide bonds. The molecular formula is C30H23NO3. The van der Waals surface area contributed by atoms with Gasteiger partial charge < -0.3 is 9.47 Å². The van der Waals surface area contributed by atoms with Crippen LogP contribution in [0.15, 0.2) is 114 Å². The molecule has 4 aromatic carbocycles. The molecule has 1 aliphatic heterocycles. The van der Waals surface area contributed by atoms with Crippen molar-refractivity contribution in [3.63, 3.8) is 0 Å². The van der Waals surface area contributed by atoms with Crippen molar-refractivity contribution in [2.45, 2.75) is 13.5 Å². The third kappa shape index (κ3) is 4.66. The van der Waals surface area contributed by atoms with E-state index in [0.717, 1.165) is 27.8 Å². The van der Waals surface area contributed by atoms with Crippen molar-refractivity contribution in [3.8, 4) is 16.9 Å². The average molecular weight is 446 g/mol. The Labute approximate surface area is 198 Å². The number of benzene rings is 4. The van der Waals surface area contributed by atoms with Gasteiger partial charge in [0.05, 0.1) is 0 Å². The lowest BCUT2D eigenvalue weighted by Gasteiger charge is -2.11. The number of carbonyl (C=O) groups is 1. The highest BCUT2D eigenvalue weighted by molar-refractivity contribution is 6.13. The number of carbonyl (C=O) groups excluding carboxylic acids is 1. The fourth-order valence-corrected chi connectivity index (χ4v) is 3.77. The van der Waals surface area contributed by atoms with E-state index in [2.05, 4.69) is 30.1 Å². The molecule has 0 saturated carbocycles. The molecule has 1 heterocycles. The summed E-state index contributed by atoms with van der Waals surface area (Å²) in [5.41, 5.74) is 6.27. The first-order chi connectivity index (χ1) is 16.7. The van der Waals surface area contributed by atoms with Crippen LogP contribution in [0, 0.1) is 6.92 Å².